The number of primary amides is 1. The number of hydrogen-bond acceptors (Lipinski definition) is 5. The van der Waals surface area contributed by atoms with E-state index in [-0.39, 0.29) is 4.90 Å². The third-order valence-electron chi connectivity index (χ3n) is 4.43. The van der Waals surface area contributed by atoms with Crippen LogP contribution in [0.3, 0.4) is 0 Å². The lowest BCUT2D eigenvalue weighted by atomic mass is 9.88. The molecule has 0 bridgehead atoms. The van der Waals surface area contributed by atoms with Crippen LogP contribution in [0.4, 0.5) is 5.00 Å². The van der Waals surface area contributed by atoms with Gasteiger partial charge in [-0.05, 0) is 42.9 Å². The van der Waals surface area contributed by atoms with Gasteiger partial charge < -0.3 is 11.1 Å². The van der Waals surface area contributed by atoms with E-state index in [9.17, 15) is 18.0 Å². The maximum Gasteiger partial charge on any atom is 0.251 e. The van der Waals surface area contributed by atoms with Crippen LogP contribution < -0.4 is 11.1 Å². The Balaban J connectivity index is 1.83. The lowest BCUT2D eigenvalue weighted by molar-refractivity contribution is -0.113. The minimum absolute atomic E-state index is 0.0876. The molecule has 0 saturated heterocycles. The van der Waals surface area contributed by atoms with Gasteiger partial charge in [0.25, 0.3) is 5.91 Å². The van der Waals surface area contributed by atoms with Crippen LogP contribution in [0.5, 0.6) is 0 Å². The molecule has 2 aromatic rings. The molecule has 1 aliphatic rings. The number of nitrogens with one attached hydrogen (secondary N) is 1. The largest absolute Gasteiger partial charge is 0.365 e. The summed E-state index contributed by atoms with van der Waals surface area (Å²) in [5.74, 6) is -1.46. The van der Waals surface area contributed by atoms with Crippen LogP contribution in [0, 0.1) is 5.92 Å². The Hall–Kier alpha value is -2.19. The highest BCUT2D eigenvalue weighted by molar-refractivity contribution is 7.92. The number of hydrogen-bond donors (Lipinski definition) is 2. The Morgan fingerprint density at radius 1 is 1.27 bits per heavy atom. The van der Waals surface area contributed by atoms with Gasteiger partial charge in [-0.3, -0.25) is 9.59 Å². The SMILES string of the molecule is C[C@H]1CCc2c(sc(NC(=O)CS(=O)(=O)c3ccccc3)c2C(N)=O)C1. The molecule has 1 atom stereocenters. The molecule has 1 heterocycles. The molecule has 8 heteroatoms. The van der Waals surface area contributed by atoms with Gasteiger partial charge in [-0.15, -0.1) is 11.3 Å². The number of nitrogens with two attached hydrogens (primary N) is 1. The molecule has 2 amide bonds. The Morgan fingerprint density at radius 2 is 1.96 bits per heavy atom. The predicted molar refractivity (Wildman–Crippen MR) is 101 cm³/mol. The van der Waals surface area contributed by atoms with Gasteiger partial charge in [0.05, 0.1) is 10.5 Å². The number of carbonyl (C=O) groups excluding carboxylic acids is 2. The van der Waals surface area contributed by atoms with E-state index in [1.54, 1.807) is 18.2 Å². The lowest BCUT2D eigenvalue weighted by Gasteiger charge is -2.18. The van der Waals surface area contributed by atoms with Crippen LogP contribution in [0.25, 0.3) is 0 Å². The van der Waals surface area contributed by atoms with Crippen molar-refractivity contribution >= 4 is 38.0 Å². The van der Waals surface area contributed by atoms with E-state index < -0.39 is 27.4 Å². The first-order valence-corrected chi connectivity index (χ1v) is 10.8. The summed E-state index contributed by atoms with van der Waals surface area (Å²) in [5, 5.41) is 2.94. The molecular formula is C18H20N2O4S2. The maximum absolute atomic E-state index is 12.3. The van der Waals surface area contributed by atoms with E-state index in [0.717, 1.165) is 29.7 Å². The molecule has 1 aliphatic carbocycles. The number of fused-ring (bicyclic) bond motifs is 1. The maximum atomic E-state index is 12.3. The summed E-state index contributed by atoms with van der Waals surface area (Å²) in [6.45, 7) is 2.14. The fraction of sp³-hybridized carbons (Fsp3) is 0.333. The average Bonchev–Trinajstić information content (AvgIpc) is 2.91. The zero-order valence-corrected chi connectivity index (χ0v) is 16.0. The van der Waals surface area contributed by atoms with Crippen LogP contribution in [0.1, 0.15) is 34.1 Å². The second-order valence-corrected chi connectivity index (χ2v) is 9.64. The molecule has 6 nitrogen and oxygen atoms in total. The molecule has 0 fully saturated rings. The number of amides is 2. The number of sulfone groups is 1. The van der Waals surface area contributed by atoms with E-state index in [1.807, 2.05) is 0 Å². The molecule has 0 aliphatic heterocycles. The number of rotatable bonds is 5. The highest BCUT2D eigenvalue weighted by Gasteiger charge is 2.28. The summed E-state index contributed by atoms with van der Waals surface area (Å²) < 4.78 is 24.7. The molecule has 0 spiro atoms. The number of anilines is 1. The van der Waals surface area contributed by atoms with Crippen LogP contribution >= 0.6 is 11.3 Å². The molecular weight excluding hydrogens is 372 g/mol. The van der Waals surface area contributed by atoms with Crippen LogP contribution in [-0.2, 0) is 27.5 Å². The Labute approximate surface area is 156 Å². The van der Waals surface area contributed by atoms with Gasteiger partial charge in [-0.2, -0.15) is 0 Å². The minimum Gasteiger partial charge on any atom is -0.365 e. The molecule has 26 heavy (non-hydrogen) atoms. The monoisotopic (exact) mass is 392 g/mol. The first kappa shape index (κ1) is 18.6. The fourth-order valence-corrected chi connectivity index (χ4v) is 5.73. The quantitative estimate of drug-likeness (QED) is 0.815. The van der Waals surface area contributed by atoms with E-state index in [0.29, 0.717) is 16.5 Å². The lowest BCUT2D eigenvalue weighted by Crippen LogP contribution is -2.24. The average molecular weight is 393 g/mol. The molecule has 138 valence electrons. The van der Waals surface area contributed by atoms with E-state index >= 15 is 0 Å². The predicted octanol–water partition coefficient (Wildman–Crippen LogP) is 2.38. The smallest absolute Gasteiger partial charge is 0.251 e. The molecule has 1 aromatic carbocycles. The number of benzene rings is 1. The Morgan fingerprint density at radius 3 is 2.62 bits per heavy atom. The molecule has 3 N–H and O–H groups in total. The molecule has 3 rings (SSSR count). The standard InChI is InChI=1S/C18H20N2O4S2/c1-11-7-8-13-14(9-11)25-18(16(13)17(19)22)20-15(21)10-26(23,24)12-5-3-2-4-6-12/h2-6,11H,7-10H2,1H3,(H2,19,22)(H,20,21)/t11-/m0/s1. The van der Waals surface area contributed by atoms with Crippen molar-refractivity contribution in [1.82, 2.24) is 0 Å². The topological polar surface area (TPSA) is 106 Å². The van der Waals surface area contributed by atoms with Crippen LogP contribution in [0.2, 0.25) is 0 Å². The van der Waals surface area contributed by atoms with Crippen molar-refractivity contribution in [1.29, 1.82) is 0 Å². The van der Waals surface area contributed by atoms with Gasteiger partial charge in [-0.1, -0.05) is 25.1 Å². The van der Waals surface area contributed by atoms with Crippen molar-refractivity contribution in [3.8, 4) is 0 Å². The molecule has 0 radical (unpaired) electrons. The van der Waals surface area contributed by atoms with Gasteiger partial charge in [0.15, 0.2) is 9.84 Å². The summed E-state index contributed by atoms with van der Waals surface area (Å²) in [5.41, 5.74) is 6.72. The third-order valence-corrected chi connectivity index (χ3v) is 7.24. The third kappa shape index (κ3) is 3.81. The Bertz CT molecular complexity index is 949. The summed E-state index contributed by atoms with van der Waals surface area (Å²) in [6.07, 6.45) is 2.53. The molecule has 0 unspecified atom stereocenters. The zero-order valence-electron chi connectivity index (χ0n) is 14.3. The van der Waals surface area contributed by atoms with Gasteiger partial charge in [-0.25, -0.2) is 8.42 Å². The zero-order chi connectivity index (χ0) is 18.9. The Kier molecular flexibility index (Phi) is 5.15. The van der Waals surface area contributed by atoms with Gasteiger partial charge in [0, 0.05) is 4.88 Å². The first-order valence-electron chi connectivity index (χ1n) is 8.30. The summed E-state index contributed by atoms with van der Waals surface area (Å²) in [7, 11) is -3.75. The normalized spacial score (nSPS) is 16.7. The van der Waals surface area contributed by atoms with Crippen molar-refractivity contribution in [2.75, 3.05) is 11.1 Å². The minimum atomic E-state index is -3.75. The van der Waals surface area contributed by atoms with Gasteiger partial charge in [0.2, 0.25) is 5.91 Å². The number of carbonyl (C=O) groups is 2. The molecule has 1 aromatic heterocycles. The van der Waals surface area contributed by atoms with E-state index in [4.69, 9.17) is 5.73 Å². The van der Waals surface area contributed by atoms with E-state index in [2.05, 4.69) is 12.2 Å². The first-order chi connectivity index (χ1) is 12.3. The second kappa shape index (κ2) is 7.20. The van der Waals surface area contributed by atoms with Crippen molar-refractivity contribution in [3.05, 3.63) is 46.3 Å². The van der Waals surface area contributed by atoms with Crippen LogP contribution in [-0.4, -0.2) is 26.0 Å². The summed E-state index contributed by atoms with van der Waals surface area (Å²) in [4.78, 5) is 25.3. The van der Waals surface area contributed by atoms with Crippen molar-refractivity contribution in [2.24, 2.45) is 11.7 Å². The van der Waals surface area contributed by atoms with E-state index in [1.165, 1.54) is 23.5 Å². The van der Waals surface area contributed by atoms with Gasteiger partial charge in [0.1, 0.15) is 10.8 Å². The second-order valence-electron chi connectivity index (χ2n) is 6.54. The van der Waals surface area contributed by atoms with Crippen LogP contribution in [0.15, 0.2) is 35.2 Å². The van der Waals surface area contributed by atoms with Crippen molar-refractivity contribution in [2.45, 2.75) is 31.1 Å². The van der Waals surface area contributed by atoms with Crippen molar-refractivity contribution < 1.29 is 18.0 Å². The fourth-order valence-electron chi connectivity index (χ4n) is 3.15. The number of thiophene rings is 1. The highest BCUT2D eigenvalue weighted by atomic mass is 32.2. The summed E-state index contributed by atoms with van der Waals surface area (Å²) in [6, 6.07) is 7.80. The van der Waals surface area contributed by atoms with Gasteiger partial charge >= 0.3 is 0 Å². The van der Waals surface area contributed by atoms with Crippen molar-refractivity contribution in [3.63, 3.8) is 0 Å². The summed E-state index contributed by atoms with van der Waals surface area (Å²) >= 11 is 1.32. The highest BCUT2D eigenvalue weighted by Crippen LogP contribution is 2.39. The molecule has 0 saturated carbocycles.